The summed E-state index contributed by atoms with van der Waals surface area (Å²) in [5.74, 6) is -0.289. The summed E-state index contributed by atoms with van der Waals surface area (Å²) in [4.78, 5) is 16.6. The summed E-state index contributed by atoms with van der Waals surface area (Å²) in [6, 6.07) is 12.8. The van der Waals surface area contributed by atoms with Gasteiger partial charge in [-0.05, 0) is 66.1 Å². The summed E-state index contributed by atoms with van der Waals surface area (Å²) >= 11 is 7.76. The molecule has 7 heteroatoms. The monoisotopic (exact) mass is 491 g/mol. The zero-order valence-electron chi connectivity index (χ0n) is 19.1. The third kappa shape index (κ3) is 3.60. The SMILES string of the molecule is Cc1ccsc1[C@@H]1C(C#N)=C(n2cccc2)N(c2ccc(F)c(Cl)c2)C2=C1C(=O)CC(C)(C)C2. The van der Waals surface area contributed by atoms with E-state index < -0.39 is 11.7 Å². The van der Waals surface area contributed by atoms with Crippen LogP contribution in [0.1, 0.15) is 43.0 Å². The molecule has 1 atom stereocenters. The molecule has 1 aromatic carbocycles. The number of Topliss-reactive ketones (excluding diaryl/α,β-unsaturated/α-hetero) is 1. The summed E-state index contributed by atoms with van der Waals surface area (Å²) in [6.45, 7) is 6.17. The van der Waals surface area contributed by atoms with Crippen molar-refractivity contribution in [1.29, 1.82) is 5.26 Å². The van der Waals surface area contributed by atoms with Gasteiger partial charge in [0.15, 0.2) is 5.78 Å². The Morgan fingerprint density at radius 2 is 1.94 bits per heavy atom. The van der Waals surface area contributed by atoms with Crippen LogP contribution in [0.3, 0.4) is 0 Å². The molecule has 0 fully saturated rings. The maximum Gasteiger partial charge on any atom is 0.162 e. The van der Waals surface area contributed by atoms with Crippen LogP contribution < -0.4 is 4.90 Å². The lowest BCUT2D eigenvalue weighted by molar-refractivity contribution is -0.118. The molecule has 1 aliphatic carbocycles. The van der Waals surface area contributed by atoms with Crippen LogP contribution in [0.25, 0.3) is 5.82 Å². The Kier molecular flexibility index (Phi) is 5.50. The van der Waals surface area contributed by atoms with Crippen LogP contribution >= 0.6 is 22.9 Å². The molecule has 0 bridgehead atoms. The number of rotatable bonds is 3. The van der Waals surface area contributed by atoms with Crippen molar-refractivity contribution in [3.05, 3.63) is 92.3 Å². The first-order valence-electron chi connectivity index (χ1n) is 11.0. The van der Waals surface area contributed by atoms with E-state index in [-0.39, 0.29) is 16.2 Å². The van der Waals surface area contributed by atoms with Crippen LogP contribution in [-0.4, -0.2) is 10.4 Å². The molecule has 0 amide bonds. The van der Waals surface area contributed by atoms with Gasteiger partial charge in [-0.1, -0.05) is 25.4 Å². The Balaban J connectivity index is 1.88. The number of hydrogen-bond acceptors (Lipinski definition) is 4. The van der Waals surface area contributed by atoms with Gasteiger partial charge >= 0.3 is 0 Å². The largest absolute Gasteiger partial charge is 0.309 e. The van der Waals surface area contributed by atoms with Crippen molar-refractivity contribution in [1.82, 2.24) is 4.57 Å². The number of hydrogen-bond donors (Lipinski definition) is 0. The van der Waals surface area contributed by atoms with E-state index in [0.717, 1.165) is 16.1 Å². The van der Waals surface area contributed by atoms with Crippen molar-refractivity contribution in [2.75, 3.05) is 4.90 Å². The van der Waals surface area contributed by atoms with Crippen LogP contribution in [0, 0.1) is 29.5 Å². The summed E-state index contributed by atoms with van der Waals surface area (Å²) in [6.07, 6.45) is 4.80. The highest BCUT2D eigenvalue weighted by Gasteiger charge is 2.46. The van der Waals surface area contributed by atoms with Crippen molar-refractivity contribution in [3.8, 4) is 6.07 Å². The van der Waals surface area contributed by atoms with Crippen molar-refractivity contribution in [2.24, 2.45) is 5.41 Å². The van der Waals surface area contributed by atoms with Crippen molar-refractivity contribution >= 4 is 40.2 Å². The van der Waals surface area contributed by atoms with Crippen LogP contribution in [0.5, 0.6) is 0 Å². The van der Waals surface area contributed by atoms with Gasteiger partial charge in [-0.15, -0.1) is 11.3 Å². The molecule has 0 N–H and O–H groups in total. The van der Waals surface area contributed by atoms with Crippen molar-refractivity contribution in [3.63, 3.8) is 0 Å². The standard InChI is InChI=1S/C27H23ClFN3OS/c1-16-8-11-34-25(16)23-18(15-30)26(31-9-4-5-10-31)32(17-6-7-20(29)19(28)12-17)21-13-27(2,3)14-22(33)24(21)23/h4-12,23H,13-14H2,1-3H3/t23-/m1/s1. The fraction of sp³-hybridized carbons (Fsp3) is 0.259. The number of halogens is 2. The van der Waals surface area contributed by atoms with E-state index in [0.29, 0.717) is 35.5 Å². The molecule has 2 aromatic heterocycles. The molecule has 0 radical (unpaired) electrons. The molecule has 34 heavy (non-hydrogen) atoms. The normalized spacial score (nSPS) is 19.9. The number of allylic oxidation sites excluding steroid dienone is 3. The van der Waals surface area contributed by atoms with E-state index in [9.17, 15) is 14.4 Å². The number of nitrogens with zero attached hydrogens (tertiary/aromatic N) is 3. The lowest BCUT2D eigenvalue weighted by Crippen LogP contribution is -2.40. The molecular formula is C27H23ClFN3OS. The minimum atomic E-state index is -0.518. The average molecular weight is 492 g/mol. The number of aromatic nitrogens is 1. The van der Waals surface area contributed by atoms with Crippen molar-refractivity contribution in [2.45, 2.75) is 39.5 Å². The van der Waals surface area contributed by atoms with E-state index in [2.05, 4.69) is 19.9 Å². The minimum Gasteiger partial charge on any atom is -0.309 e. The number of carbonyl (C=O) groups excluding carboxylic acids is 1. The average Bonchev–Trinajstić information content (AvgIpc) is 3.45. The molecule has 0 saturated carbocycles. The number of anilines is 1. The Bertz CT molecular complexity index is 1410. The topological polar surface area (TPSA) is 49.0 Å². The molecule has 1 aliphatic heterocycles. The Hall–Kier alpha value is -3.14. The van der Waals surface area contributed by atoms with Gasteiger partial charge in [-0.3, -0.25) is 9.69 Å². The Morgan fingerprint density at radius 3 is 2.56 bits per heavy atom. The maximum atomic E-state index is 14.1. The smallest absolute Gasteiger partial charge is 0.162 e. The maximum absolute atomic E-state index is 14.1. The Labute approximate surface area is 207 Å². The fourth-order valence-corrected chi connectivity index (χ4v) is 6.26. The quantitative estimate of drug-likeness (QED) is 0.386. The van der Waals surface area contributed by atoms with Crippen LogP contribution in [0.4, 0.5) is 10.1 Å². The molecule has 5 rings (SSSR count). The van der Waals surface area contributed by atoms with Gasteiger partial charge in [0.1, 0.15) is 11.6 Å². The van der Waals surface area contributed by atoms with E-state index >= 15 is 0 Å². The lowest BCUT2D eigenvalue weighted by Gasteiger charge is -2.44. The van der Waals surface area contributed by atoms with E-state index in [1.54, 1.807) is 23.5 Å². The Morgan fingerprint density at radius 1 is 1.21 bits per heavy atom. The first-order chi connectivity index (χ1) is 16.2. The molecule has 3 heterocycles. The second-order valence-corrected chi connectivity index (χ2v) is 10.9. The van der Waals surface area contributed by atoms with Crippen LogP contribution in [0.2, 0.25) is 5.02 Å². The highest BCUT2D eigenvalue weighted by atomic mass is 35.5. The number of nitriles is 1. The van der Waals surface area contributed by atoms with E-state index in [4.69, 9.17) is 11.6 Å². The number of thiophene rings is 1. The third-order valence-electron chi connectivity index (χ3n) is 6.49. The zero-order valence-corrected chi connectivity index (χ0v) is 20.7. The number of ketones is 1. The number of aryl methyl sites for hydroxylation is 1. The van der Waals surface area contributed by atoms with E-state index in [1.807, 2.05) is 52.4 Å². The summed E-state index contributed by atoms with van der Waals surface area (Å²) < 4.78 is 16.0. The first-order valence-corrected chi connectivity index (χ1v) is 12.3. The molecule has 172 valence electrons. The second kappa shape index (κ2) is 8.26. The molecule has 3 aromatic rings. The van der Waals surface area contributed by atoms with Gasteiger partial charge < -0.3 is 4.57 Å². The van der Waals surface area contributed by atoms with Crippen molar-refractivity contribution < 1.29 is 9.18 Å². The predicted octanol–water partition coefficient (Wildman–Crippen LogP) is 7.29. The predicted molar refractivity (Wildman–Crippen MR) is 134 cm³/mol. The summed E-state index contributed by atoms with van der Waals surface area (Å²) in [5, 5.41) is 12.5. The first kappa shape index (κ1) is 22.6. The van der Waals surface area contributed by atoms with Gasteiger partial charge in [0.25, 0.3) is 0 Å². The summed E-state index contributed by atoms with van der Waals surface area (Å²) in [5.41, 5.74) is 3.37. The van der Waals surface area contributed by atoms with Gasteiger partial charge in [-0.2, -0.15) is 5.26 Å². The fourth-order valence-electron chi connectivity index (χ4n) is 5.04. The molecule has 0 saturated heterocycles. The van der Waals surface area contributed by atoms with E-state index in [1.165, 1.54) is 6.07 Å². The second-order valence-electron chi connectivity index (χ2n) is 9.58. The highest BCUT2D eigenvalue weighted by Crippen LogP contribution is 2.53. The lowest BCUT2D eigenvalue weighted by atomic mass is 9.69. The summed E-state index contributed by atoms with van der Waals surface area (Å²) in [7, 11) is 0. The molecular weight excluding hydrogens is 469 g/mol. The zero-order chi connectivity index (χ0) is 24.2. The molecule has 2 aliphatic rings. The van der Waals surface area contributed by atoms with Crippen LogP contribution in [-0.2, 0) is 4.79 Å². The van der Waals surface area contributed by atoms with Gasteiger partial charge in [0, 0.05) is 40.6 Å². The number of benzene rings is 1. The third-order valence-corrected chi connectivity index (χ3v) is 7.86. The number of carbonyl (C=O) groups is 1. The van der Waals surface area contributed by atoms with Crippen LogP contribution in [0.15, 0.2) is 71.0 Å². The minimum absolute atomic E-state index is 0.0114. The van der Waals surface area contributed by atoms with Gasteiger partial charge in [-0.25, -0.2) is 4.39 Å². The van der Waals surface area contributed by atoms with Gasteiger partial charge in [0.05, 0.1) is 22.6 Å². The molecule has 4 nitrogen and oxygen atoms in total. The molecule has 0 spiro atoms. The van der Waals surface area contributed by atoms with Gasteiger partial charge in [0.2, 0.25) is 0 Å². The highest BCUT2D eigenvalue weighted by molar-refractivity contribution is 7.10. The molecule has 0 unspecified atom stereocenters.